The van der Waals surface area contributed by atoms with Gasteiger partial charge in [-0.2, -0.15) is 5.26 Å². The molecule has 1 N–H and O–H groups in total. The SMILES string of the molecule is Cc1ccc(S(=O)(=O)C(C#N)=C2CCCCCN2)c(F)c1. The summed E-state index contributed by atoms with van der Waals surface area (Å²) in [6.07, 6.45) is 3.23. The summed E-state index contributed by atoms with van der Waals surface area (Å²) in [6, 6.07) is 5.64. The minimum absolute atomic E-state index is 0.368. The Morgan fingerprint density at radius 2 is 2.10 bits per heavy atom. The molecule has 1 heterocycles. The summed E-state index contributed by atoms with van der Waals surface area (Å²) in [5.74, 6) is -0.822. The van der Waals surface area contributed by atoms with Crippen LogP contribution in [0.4, 0.5) is 4.39 Å². The molecule has 2 rings (SSSR count). The first-order valence-corrected chi connectivity index (χ1v) is 8.33. The number of hydrogen-bond donors (Lipinski definition) is 1. The van der Waals surface area contributed by atoms with Crippen molar-refractivity contribution < 1.29 is 12.8 Å². The van der Waals surface area contributed by atoms with Gasteiger partial charge < -0.3 is 5.32 Å². The first-order chi connectivity index (χ1) is 9.96. The zero-order valence-corrected chi connectivity index (χ0v) is 12.6. The van der Waals surface area contributed by atoms with Crippen molar-refractivity contribution in [2.45, 2.75) is 37.5 Å². The minimum Gasteiger partial charge on any atom is -0.387 e. The molecule has 112 valence electrons. The molecule has 0 aromatic heterocycles. The third kappa shape index (κ3) is 3.24. The molecule has 0 unspecified atom stereocenters. The van der Waals surface area contributed by atoms with Crippen LogP contribution < -0.4 is 5.32 Å². The summed E-state index contributed by atoms with van der Waals surface area (Å²) in [6.45, 7) is 2.31. The molecule has 1 fully saturated rings. The van der Waals surface area contributed by atoms with Crippen LogP contribution >= 0.6 is 0 Å². The molecule has 1 aliphatic heterocycles. The second-order valence-corrected chi connectivity index (χ2v) is 6.95. The Morgan fingerprint density at radius 1 is 1.33 bits per heavy atom. The molecule has 1 aliphatic rings. The monoisotopic (exact) mass is 308 g/mol. The van der Waals surface area contributed by atoms with Crippen LogP contribution in [0.3, 0.4) is 0 Å². The van der Waals surface area contributed by atoms with Gasteiger partial charge in [-0.15, -0.1) is 0 Å². The van der Waals surface area contributed by atoms with Gasteiger partial charge in [-0.25, -0.2) is 12.8 Å². The van der Waals surface area contributed by atoms with Crippen LogP contribution in [0.15, 0.2) is 33.7 Å². The van der Waals surface area contributed by atoms with Crippen LogP contribution in [-0.2, 0) is 9.84 Å². The van der Waals surface area contributed by atoms with Crippen LogP contribution in [0, 0.1) is 24.1 Å². The van der Waals surface area contributed by atoms with Crippen molar-refractivity contribution in [1.29, 1.82) is 5.26 Å². The number of nitrogens with one attached hydrogen (secondary N) is 1. The number of allylic oxidation sites excluding steroid dienone is 2. The van der Waals surface area contributed by atoms with E-state index < -0.39 is 20.5 Å². The highest BCUT2D eigenvalue weighted by molar-refractivity contribution is 7.95. The van der Waals surface area contributed by atoms with Crippen LogP contribution in [-0.4, -0.2) is 15.0 Å². The van der Waals surface area contributed by atoms with Crippen molar-refractivity contribution >= 4 is 9.84 Å². The van der Waals surface area contributed by atoms with Gasteiger partial charge in [0.15, 0.2) is 4.91 Å². The highest BCUT2D eigenvalue weighted by Crippen LogP contribution is 2.26. The van der Waals surface area contributed by atoms with Gasteiger partial charge in [0.25, 0.3) is 0 Å². The molecule has 0 aliphatic carbocycles. The van der Waals surface area contributed by atoms with Gasteiger partial charge in [-0.05, 0) is 43.9 Å². The van der Waals surface area contributed by atoms with Gasteiger partial charge in [-0.1, -0.05) is 12.5 Å². The van der Waals surface area contributed by atoms with E-state index in [4.69, 9.17) is 0 Å². The smallest absolute Gasteiger partial charge is 0.221 e. The molecule has 0 bridgehead atoms. The number of aryl methyl sites for hydroxylation is 1. The Bertz CT molecular complexity index is 708. The van der Waals surface area contributed by atoms with Crippen molar-refractivity contribution in [3.05, 3.63) is 40.2 Å². The number of benzene rings is 1. The van der Waals surface area contributed by atoms with E-state index in [9.17, 15) is 18.1 Å². The predicted octanol–water partition coefficient (Wildman–Crippen LogP) is 2.81. The number of rotatable bonds is 2. The molecular weight excluding hydrogens is 291 g/mol. The fourth-order valence-corrected chi connectivity index (χ4v) is 3.75. The van der Waals surface area contributed by atoms with E-state index >= 15 is 0 Å². The van der Waals surface area contributed by atoms with Gasteiger partial charge in [-0.3, -0.25) is 0 Å². The molecule has 0 spiro atoms. The Hall–Kier alpha value is -1.87. The first kappa shape index (κ1) is 15.5. The quantitative estimate of drug-likeness (QED) is 0.853. The average Bonchev–Trinajstić information content (AvgIpc) is 2.67. The molecule has 0 atom stereocenters. The van der Waals surface area contributed by atoms with Gasteiger partial charge >= 0.3 is 0 Å². The zero-order chi connectivity index (χ0) is 15.5. The minimum atomic E-state index is -4.13. The largest absolute Gasteiger partial charge is 0.387 e. The van der Waals surface area contributed by atoms with E-state index in [1.807, 2.05) is 0 Å². The molecule has 0 amide bonds. The zero-order valence-electron chi connectivity index (χ0n) is 11.8. The lowest BCUT2D eigenvalue weighted by Gasteiger charge is -2.11. The topological polar surface area (TPSA) is 70.0 Å². The average molecular weight is 308 g/mol. The second kappa shape index (κ2) is 6.27. The summed E-state index contributed by atoms with van der Waals surface area (Å²) in [5, 5.41) is 12.3. The van der Waals surface area contributed by atoms with Crippen LogP contribution in [0.5, 0.6) is 0 Å². The lowest BCUT2D eigenvalue weighted by Crippen LogP contribution is -2.18. The molecule has 6 heteroatoms. The van der Waals surface area contributed by atoms with Crippen molar-refractivity contribution in [2.75, 3.05) is 6.54 Å². The van der Waals surface area contributed by atoms with E-state index in [1.165, 1.54) is 12.1 Å². The maximum Gasteiger partial charge on any atom is 0.221 e. The van der Waals surface area contributed by atoms with Crippen LogP contribution in [0.2, 0.25) is 0 Å². The molecule has 0 saturated carbocycles. The first-order valence-electron chi connectivity index (χ1n) is 6.85. The highest BCUT2D eigenvalue weighted by Gasteiger charge is 2.28. The van der Waals surface area contributed by atoms with Crippen LogP contribution in [0.1, 0.15) is 31.2 Å². The molecule has 1 aromatic rings. The van der Waals surface area contributed by atoms with E-state index in [-0.39, 0.29) is 4.91 Å². The third-order valence-electron chi connectivity index (χ3n) is 3.46. The molecule has 4 nitrogen and oxygen atoms in total. The second-order valence-electron chi connectivity index (χ2n) is 5.09. The van der Waals surface area contributed by atoms with Gasteiger partial charge in [0.1, 0.15) is 16.8 Å². The lowest BCUT2D eigenvalue weighted by atomic mass is 10.2. The number of halogens is 1. The summed E-state index contributed by atoms with van der Waals surface area (Å²) in [5.41, 5.74) is 1.03. The lowest BCUT2D eigenvalue weighted by molar-refractivity contribution is 0.570. The summed E-state index contributed by atoms with van der Waals surface area (Å²) in [7, 11) is -4.13. The van der Waals surface area contributed by atoms with Crippen molar-refractivity contribution in [1.82, 2.24) is 5.32 Å². The molecule has 1 aromatic carbocycles. The number of nitriles is 1. The maximum atomic E-state index is 14.0. The summed E-state index contributed by atoms with van der Waals surface area (Å²) < 4.78 is 39.1. The summed E-state index contributed by atoms with van der Waals surface area (Å²) >= 11 is 0. The van der Waals surface area contributed by atoms with E-state index in [0.29, 0.717) is 24.2 Å². The highest BCUT2D eigenvalue weighted by atomic mass is 32.2. The Labute approximate surface area is 124 Å². The molecule has 0 radical (unpaired) electrons. The van der Waals surface area contributed by atoms with Crippen molar-refractivity contribution in [3.63, 3.8) is 0 Å². The molecule has 1 saturated heterocycles. The van der Waals surface area contributed by atoms with E-state index in [2.05, 4.69) is 5.32 Å². The summed E-state index contributed by atoms with van der Waals surface area (Å²) in [4.78, 5) is -0.810. The number of nitrogens with zero attached hydrogens (tertiary/aromatic N) is 1. The third-order valence-corrected chi connectivity index (χ3v) is 5.25. The standard InChI is InChI=1S/C15H17FN2O2S/c1-11-6-7-14(12(16)9-11)21(19,20)15(10-17)13-5-3-2-4-8-18-13/h6-7,9,18H,2-5,8H2,1H3. The van der Waals surface area contributed by atoms with Gasteiger partial charge in [0, 0.05) is 12.2 Å². The van der Waals surface area contributed by atoms with E-state index in [0.717, 1.165) is 25.3 Å². The fraction of sp³-hybridized carbons (Fsp3) is 0.400. The van der Waals surface area contributed by atoms with Gasteiger partial charge in [0.2, 0.25) is 9.84 Å². The number of hydrogen-bond acceptors (Lipinski definition) is 4. The van der Waals surface area contributed by atoms with Gasteiger partial charge in [0.05, 0.1) is 0 Å². The predicted molar refractivity (Wildman–Crippen MR) is 77.4 cm³/mol. The number of sulfone groups is 1. The maximum absolute atomic E-state index is 14.0. The Balaban J connectivity index is 2.54. The molecule has 21 heavy (non-hydrogen) atoms. The Kier molecular flexibility index (Phi) is 4.63. The molecular formula is C15H17FN2O2S. The van der Waals surface area contributed by atoms with Crippen molar-refractivity contribution in [2.24, 2.45) is 0 Å². The van der Waals surface area contributed by atoms with Crippen molar-refractivity contribution in [3.8, 4) is 6.07 Å². The Morgan fingerprint density at radius 3 is 2.76 bits per heavy atom. The fourth-order valence-electron chi connectivity index (χ4n) is 2.35. The normalized spacial score (nSPS) is 18.3. The van der Waals surface area contributed by atoms with E-state index in [1.54, 1.807) is 13.0 Å². The van der Waals surface area contributed by atoms with Crippen LogP contribution in [0.25, 0.3) is 0 Å².